The molecule has 7 heteroatoms. The minimum Gasteiger partial charge on any atom is -0.494 e. The first-order valence-corrected chi connectivity index (χ1v) is 8.85. The van der Waals surface area contributed by atoms with E-state index in [2.05, 4.69) is 6.07 Å². The number of nitrogen functional groups attached to an aromatic ring is 1. The number of nitriles is 2. The minimum absolute atomic E-state index is 0.159. The van der Waals surface area contributed by atoms with E-state index in [0.717, 1.165) is 9.79 Å². The summed E-state index contributed by atoms with van der Waals surface area (Å²) < 4.78 is 10.9. The highest BCUT2D eigenvalue weighted by Gasteiger charge is 2.26. The number of thioether (sulfide) groups is 1. The molecule has 24 heavy (non-hydrogen) atoms. The van der Waals surface area contributed by atoms with Gasteiger partial charge in [0.1, 0.15) is 23.3 Å². The summed E-state index contributed by atoms with van der Waals surface area (Å²) in [5.41, 5.74) is 6.99. The molecule has 0 unspecified atom stereocenters. The van der Waals surface area contributed by atoms with Gasteiger partial charge in [-0.2, -0.15) is 10.5 Å². The van der Waals surface area contributed by atoms with Crippen molar-refractivity contribution < 1.29 is 9.47 Å². The number of ether oxygens (including phenoxy) is 2. The maximum absolute atomic E-state index is 9.51. The van der Waals surface area contributed by atoms with E-state index in [-0.39, 0.29) is 11.1 Å². The van der Waals surface area contributed by atoms with Crippen molar-refractivity contribution in [3.05, 3.63) is 35.4 Å². The monoisotopic (exact) mass is 357 g/mol. The normalized spacial score (nSPS) is 9.88. The van der Waals surface area contributed by atoms with Gasteiger partial charge in [0, 0.05) is 10.6 Å². The Morgan fingerprint density at radius 1 is 0.958 bits per heavy atom. The summed E-state index contributed by atoms with van der Waals surface area (Å²) in [7, 11) is 2.96. The van der Waals surface area contributed by atoms with Gasteiger partial charge >= 0.3 is 0 Å². The molecule has 0 fully saturated rings. The average Bonchev–Trinajstić information content (AvgIpc) is 2.61. The van der Waals surface area contributed by atoms with Gasteiger partial charge in [0.05, 0.1) is 24.0 Å². The molecule has 122 valence electrons. The van der Waals surface area contributed by atoms with Crippen LogP contribution in [0.15, 0.2) is 39.0 Å². The first-order chi connectivity index (χ1) is 11.6. The molecule has 5 nitrogen and oxygen atoms in total. The molecule has 2 rings (SSSR count). The van der Waals surface area contributed by atoms with E-state index in [9.17, 15) is 10.5 Å². The van der Waals surface area contributed by atoms with Gasteiger partial charge in [-0.25, -0.2) is 0 Å². The Morgan fingerprint density at radius 2 is 1.50 bits per heavy atom. The fraction of sp³-hybridized carbons (Fsp3) is 0.176. The maximum atomic E-state index is 9.51. The predicted octanol–water partition coefficient (Wildman–Crippen LogP) is 3.90. The van der Waals surface area contributed by atoms with E-state index >= 15 is 0 Å². The molecule has 0 amide bonds. The molecule has 0 aliphatic heterocycles. The van der Waals surface area contributed by atoms with Crippen LogP contribution in [0, 0.1) is 22.7 Å². The van der Waals surface area contributed by atoms with Crippen molar-refractivity contribution in [1.29, 1.82) is 10.5 Å². The van der Waals surface area contributed by atoms with Crippen molar-refractivity contribution in [2.45, 2.75) is 14.7 Å². The Balaban J connectivity index is 2.81. The van der Waals surface area contributed by atoms with Crippen LogP contribution in [0.1, 0.15) is 11.1 Å². The molecular weight excluding hydrogens is 342 g/mol. The molecule has 0 saturated carbocycles. The highest BCUT2D eigenvalue weighted by Crippen LogP contribution is 2.50. The average molecular weight is 357 g/mol. The van der Waals surface area contributed by atoms with Gasteiger partial charge in [-0.15, -0.1) is 11.8 Å². The van der Waals surface area contributed by atoms with Crippen LogP contribution in [0.4, 0.5) is 5.69 Å². The van der Waals surface area contributed by atoms with Gasteiger partial charge in [-0.3, -0.25) is 0 Å². The number of hydrogen-bond donors (Lipinski definition) is 1. The molecule has 0 aromatic heterocycles. The van der Waals surface area contributed by atoms with Crippen LogP contribution in [-0.4, -0.2) is 20.5 Å². The van der Waals surface area contributed by atoms with Gasteiger partial charge in [0.25, 0.3) is 0 Å². The summed E-state index contributed by atoms with van der Waals surface area (Å²) >= 11 is 2.81. The van der Waals surface area contributed by atoms with Crippen molar-refractivity contribution in [2.75, 3.05) is 26.2 Å². The smallest absolute Gasteiger partial charge is 0.153 e. The van der Waals surface area contributed by atoms with Crippen LogP contribution in [-0.2, 0) is 0 Å². The number of nitrogens with zero attached hydrogens (tertiary/aromatic N) is 2. The Kier molecular flexibility index (Phi) is 5.86. The van der Waals surface area contributed by atoms with Gasteiger partial charge in [0.15, 0.2) is 11.5 Å². The lowest BCUT2D eigenvalue weighted by Crippen LogP contribution is -2.01. The van der Waals surface area contributed by atoms with Gasteiger partial charge < -0.3 is 15.2 Å². The second-order valence-electron chi connectivity index (χ2n) is 4.54. The van der Waals surface area contributed by atoms with E-state index < -0.39 is 0 Å². The lowest BCUT2D eigenvalue weighted by Gasteiger charge is -2.19. The number of para-hydroxylation sites is 1. The fourth-order valence-corrected chi connectivity index (χ4v) is 4.26. The van der Waals surface area contributed by atoms with E-state index in [4.69, 9.17) is 15.2 Å². The zero-order chi connectivity index (χ0) is 17.7. The molecule has 0 heterocycles. The minimum atomic E-state index is 0.159. The number of rotatable bonds is 5. The van der Waals surface area contributed by atoms with Crippen LogP contribution in [0.5, 0.6) is 11.5 Å². The number of benzene rings is 2. The third-order valence-electron chi connectivity index (χ3n) is 3.29. The van der Waals surface area contributed by atoms with E-state index in [1.807, 2.05) is 30.5 Å². The zero-order valence-corrected chi connectivity index (χ0v) is 15.0. The third kappa shape index (κ3) is 3.09. The van der Waals surface area contributed by atoms with E-state index in [1.54, 1.807) is 6.07 Å². The molecule has 0 aliphatic rings. The molecule has 0 radical (unpaired) electrons. The quantitative estimate of drug-likeness (QED) is 0.641. The van der Waals surface area contributed by atoms with Crippen LogP contribution in [0.25, 0.3) is 0 Å². The summed E-state index contributed by atoms with van der Waals surface area (Å²) in [5.74, 6) is 0.729. The fourth-order valence-electron chi connectivity index (χ4n) is 2.22. The Morgan fingerprint density at radius 3 is 1.96 bits per heavy atom. The lowest BCUT2D eigenvalue weighted by molar-refractivity contribution is 0.382. The van der Waals surface area contributed by atoms with Gasteiger partial charge in [-0.1, -0.05) is 23.9 Å². The summed E-state index contributed by atoms with van der Waals surface area (Å²) in [6.45, 7) is 0. The maximum Gasteiger partial charge on any atom is 0.153 e. The van der Waals surface area contributed by atoms with Crippen molar-refractivity contribution in [3.8, 4) is 23.6 Å². The van der Waals surface area contributed by atoms with Crippen LogP contribution < -0.4 is 15.2 Å². The molecule has 0 atom stereocenters. The third-order valence-corrected chi connectivity index (χ3v) is 5.40. The van der Waals surface area contributed by atoms with Crippen molar-refractivity contribution >= 4 is 29.2 Å². The number of anilines is 1. The van der Waals surface area contributed by atoms with Crippen LogP contribution in [0.2, 0.25) is 0 Å². The Bertz CT molecular complexity index is 854. The van der Waals surface area contributed by atoms with E-state index in [0.29, 0.717) is 22.1 Å². The molecule has 0 saturated heterocycles. The van der Waals surface area contributed by atoms with Crippen molar-refractivity contribution in [2.24, 2.45) is 0 Å². The SMILES string of the molecule is COc1c(C#N)c(C#N)c(OC)c(Sc2ccccc2N)c1SC. The van der Waals surface area contributed by atoms with Crippen molar-refractivity contribution in [3.63, 3.8) is 0 Å². The molecule has 2 aromatic carbocycles. The first kappa shape index (κ1) is 17.9. The summed E-state index contributed by atoms with van der Waals surface area (Å²) in [4.78, 5) is 2.27. The van der Waals surface area contributed by atoms with Crippen LogP contribution in [0.3, 0.4) is 0 Å². The molecular formula is C17H15N3O2S2. The number of nitrogens with two attached hydrogens (primary N) is 1. The first-order valence-electron chi connectivity index (χ1n) is 6.81. The standard InChI is InChI=1S/C17H15N3O2S2/c1-21-14-10(8-18)11(9-19)15(22-2)17(16(14)23-3)24-13-7-5-4-6-12(13)20/h4-7H,20H2,1-3H3. The number of hydrogen-bond acceptors (Lipinski definition) is 7. The highest BCUT2D eigenvalue weighted by molar-refractivity contribution is 8.02. The second-order valence-corrected chi connectivity index (χ2v) is 6.41. The Labute approximate surface area is 149 Å². The van der Waals surface area contributed by atoms with Gasteiger partial charge in [-0.05, 0) is 18.4 Å². The second kappa shape index (κ2) is 7.87. The van der Waals surface area contributed by atoms with Crippen LogP contribution >= 0.6 is 23.5 Å². The Hall–Kier alpha value is -2.48. The molecule has 2 N–H and O–H groups in total. The largest absolute Gasteiger partial charge is 0.494 e. The lowest BCUT2D eigenvalue weighted by atomic mass is 10.1. The number of methoxy groups -OCH3 is 2. The molecule has 0 bridgehead atoms. The summed E-state index contributed by atoms with van der Waals surface area (Å²) in [6.07, 6.45) is 1.88. The predicted molar refractivity (Wildman–Crippen MR) is 95.7 cm³/mol. The zero-order valence-electron chi connectivity index (χ0n) is 13.4. The van der Waals surface area contributed by atoms with Crippen molar-refractivity contribution in [1.82, 2.24) is 0 Å². The highest BCUT2D eigenvalue weighted by atomic mass is 32.2. The molecule has 0 spiro atoms. The van der Waals surface area contributed by atoms with E-state index in [1.165, 1.54) is 37.7 Å². The molecule has 2 aromatic rings. The summed E-state index contributed by atoms with van der Waals surface area (Å²) in [5, 5.41) is 19.0. The topological polar surface area (TPSA) is 92.1 Å². The molecule has 0 aliphatic carbocycles. The van der Waals surface area contributed by atoms with Gasteiger partial charge in [0.2, 0.25) is 0 Å². The summed E-state index contributed by atoms with van der Waals surface area (Å²) in [6, 6.07) is 11.5.